The summed E-state index contributed by atoms with van der Waals surface area (Å²) in [6, 6.07) is 10.4. The number of hydrogen-bond acceptors (Lipinski definition) is 2. The van der Waals surface area contributed by atoms with Crippen molar-refractivity contribution in [1.29, 1.82) is 0 Å². The van der Waals surface area contributed by atoms with E-state index in [0.29, 0.717) is 12.0 Å². The number of nitrogens with one attached hydrogen (secondary N) is 2. The first-order valence-electron chi connectivity index (χ1n) is 7.14. The van der Waals surface area contributed by atoms with Gasteiger partial charge >= 0.3 is 0 Å². The van der Waals surface area contributed by atoms with Gasteiger partial charge in [-0.3, -0.25) is 5.43 Å². The molecule has 1 aromatic carbocycles. The van der Waals surface area contributed by atoms with Crippen molar-refractivity contribution in [1.82, 2.24) is 5.43 Å². The number of hydrazine groups is 1. The average Bonchev–Trinajstić information content (AvgIpc) is 2.64. The van der Waals surface area contributed by atoms with E-state index in [1.54, 1.807) is 0 Å². The van der Waals surface area contributed by atoms with E-state index in [2.05, 4.69) is 17.7 Å². The first-order chi connectivity index (χ1) is 9.28. The number of aliphatic imine (C=N–C) groups is 1. The van der Waals surface area contributed by atoms with Crippen LogP contribution in [0.1, 0.15) is 39.0 Å². The lowest BCUT2D eigenvalue weighted by Gasteiger charge is -2.14. The van der Waals surface area contributed by atoms with Crippen molar-refractivity contribution in [2.45, 2.75) is 45.1 Å². The zero-order chi connectivity index (χ0) is 13.5. The molecule has 0 radical (unpaired) electrons. The topological polar surface area (TPSA) is 62.4 Å². The zero-order valence-electron chi connectivity index (χ0n) is 11.6. The van der Waals surface area contributed by atoms with Gasteiger partial charge in [0.2, 0.25) is 5.96 Å². The number of nitrogens with zero attached hydrogens (tertiary/aromatic N) is 1. The summed E-state index contributed by atoms with van der Waals surface area (Å²) < 4.78 is 0. The minimum Gasteiger partial charge on any atom is -0.325 e. The quantitative estimate of drug-likeness (QED) is 0.252. The molecule has 1 aromatic rings. The fourth-order valence-electron chi connectivity index (χ4n) is 2.54. The lowest BCUT2D eigenvalue weighted by Crippen LogP contribution is -2.37. The molecule has 4 N–H and O–H groups in total. The molecule has 0 amide bonds. The maximum absolute atomic E-state index is 5.56. The molecule has 104 valence electrons. The van der Waals surface area contributed by atoms with Crippen LogP contribution in [0, 0.1) is 5.92 Å². The van der Waals surface area contributed by atoms with E-state index < -0.39 is 0 Å². The predicted octanol–water partition coefficient (Wildman–Crippen LogP) is 2.89. The van der Waals surface area contributed by atoms with Crippen molar-refractivity contribution in [3.8, 4) is 0 Å². The van der Waals surface area contributed by atoms with E-state index >= 15 is 0 Å². The van der Waals surface area contributed by atoms with Crippen LogP contribution < -0.4 is 16.6 Å². The second-order valence-corrected chi connectivity index (χ2v) is 5.38. The van der Waals surface area contributed by atoms with Crippen LogP contribution in [0.25, 0.3) is 0 Å². The molecule has 2 atom stereocenters. The van der Waals surface area contributed by atoms with Crippen LogP contribution in [-0.2, 0) is 0 Å². The number of benzene rings is 1. The molecule has 1 aliphatic carbocycles. The molecule has 1 saturated carbocycles. The van der Waals surface area contributed by atoms with Gasteiger partial charge in [-0.05, 0) is 37.3 Å². The monoisotopic (exact) mass is 260 g/mol. The molecule has 4 heteroatoms. The van der Waals surface area contributed by atoms with Gasteiger partial charge in [0.1, 0.15) is 0 Å². The van der Waals surface area contributed by atoms with E-state index in [9.17, 15) is 0 Å². The van der Waals surface area contributed by atoms with E-state index in [-0.39, 0.29) is 0 Å². The van der Waals surface area contributed by atoms with Gasteiger partial charge in [0, 0.05) is 5.69 Å². The van der Waals surface area contributed by atoms with Gasteiger partial charge < -0.3 is 5.32 Å². The van der Waals surface area contributed by atoms with Crippen LogP contribution in [-0.4, -0.2) is 12.0 Å². The molecular weight excluding hydrogens is 236 g/mol. The number of anilines is 1. The molecule has 2 rings (SSSR count). The van der Waals surface area contributed by atoms with E-state index in [4.69, 9.17) is 10.8 Å². The van der Waals surface area contributed by atoms with E-state index in [1.807, 2.05) is 30.3 Å². The summed E-state index contributed by atoms with van der Waals surface area (Å²) in [5.41, 5.74) is 3.67. The Balaban J connectivity index is 1.98. The summed E-state index contributed by atoms with van der Waals surface area (Å²) in [6.07, 6.45) is 6.16. The Labute approximate surface area is 115 Å². The van der Waals surface area contributed by atoms with Crippen LogP contribution in [0.15, 0.2) is 35.3 Å². The highest BCUT2D eigenvalue weighted by molar-refractivity contribution is 5.93. The normalized spacial score (nSPS) is 24.6. The summed E-state index contributed by atoms with van der Waals surface area (Å²) >= 11 is 0. The molecule has 0 saturated heterocycles. The zero-order valence-corrected chi connectivity index (χ0v) is 11.6. The van der Waals surface area contributed by atoms with Gasteiger partial charge in [-0.2, -0.15) is 0 Å². The standard InChI is InChI=1S/C15H24N4/c1-12-6-5-9-14(11-10-12)18-15(19-16)17-13-7-3-2-4-8-13/h2-4,7-8,12,14H,5-6,9-11,16H2,1H3,(H2,17,18,19). The maximum Gasteiger partial charge on any atom is 0.210 e. The Bertz CT molecular complexity index is 402. The fourth-order valence-corrected chi connectivity index (χ4v) is 2.54. The third-order valence-corrected chi connectivity index (χ3v) is 3.71. The van der Waals surface area contributed by atoms with Crippen molar-refractivity contribution in [3.05, 3.63) is 30.3 Å². The second kappa shape index (κ2) is 7.14. The molecule has 0 aliphatic heterocycles. The van der Waals surface area contributed by atoms with Gasteiger partial charge in [0.05, 0.1) is 6.04 Å². The van der Waals surface area contributed by atoms with Gasteiger partial charge in [0.25, 0.3) is 0 Å². The Morgan fingerprint density at radius 2 is 1.95 bits per heavy atom. The predicted molar refractivity (Wildman–Crippen MR) is 80.9 cm³/mol. The summed E-state index contributed by atoms with van der Waals surface area (Å²) in [6.45, 7) is 2.33. The average molecular weight is 260 g/mol. The highest BCUT2D eigenvalue weighted by Crippen LogP contribution is 2.24. The lowest BCUT2D eigenvalue weighted by atomic mass is 10.0. The molecule has 1 fully saturated rings. The Kier molecular flexibility index (Phi) is 5.21. The Hall–Kier alpha value is -1.55. The van der Waals surface area contributed by atoms with Crippen molar-refractivity contribution in [3.63, 3.8) is 0 Å². The Morgan fingerprint density at radius 3 is 2.68 bits per heavy atom. The summed E-state index contributed by atoms with van der Waals surface area (Å²) in [5.74, 6) is 7.05. The third kappa shape index (κ3) is 4.56. The summed E-state index contributed by atoms with van der Waals surface area (Å²) in [7, 11) is 0. The number of guanidine groups is 1. The number of para-hydroxylation sites is 1. The molecule has 19 heavy (non-hydrogen) atoms. The molecule has 0 heterocycles. The van der Waals surface area contributed by atoms with Gasteiger partial charge in [0.15, 0.2) is 0 Å². The summed E-state index contributed by atoms with van der Waals surface area (Å²) in [5, 5.41) is 3.22. The van der Waals surface area contributed by atoms with Crippen molar-refractivity contribution in [2.75, 3.05) is 5.32 Å². The number of nitrogens with two attached hydrogens (primary N) is 1. The summed E-state index contributed by atoms with van der Waals surface area (Å²) in [4.78, 5) is 4.71. The minimum atomic E-state index is 0.382. The van der Waals surface area contributed by atoms with E-state index in [1.165, 1.54) is 19.3 Å². The van der Waals surface area contributed by atoms with Crippen molar-refractivity contribution in [2.24, 2.45) is 16.8 Å². The fraction of sp³-hybridized carbons (Fsp3) is 0.533. The maximum atomic E-state index is 5.56. The minimum absolute atomic E-state index is 0.382. The molecule has 2 unspecified atom stereocenters. The van der Waals surface area contributed by atoms with Gasteiger partial charge in [-0.1, -0.05) is 38.0 Å². The van der Waals surface area contributed by atoms with Crippen LogP contribution in [0.3, 0.4) is 0 Å². The molecule has 0 spiro atoms. The first-order valence-corrected chi connectivity index (χ1v) is 7.14. The van der Waals surface area contributed by atoms with Crippen molar-refractivity contribution >= 4 is 11.6 Å². The SMILES string of the molecule is CC1CCCC(N=C(NN)Nc2ccccc2)CC1. The largest absolute Gasteiger partial charge is 0.325 e. The van der Waals surface area contributed by atoms with E-state index in [0.717, 1.165) is 24.4 Å². The second-order valence-electron chi connectivity index (χ2n) is 5.38. The van der Waals surface area contributed by atoms with Crippen LogP contribution in [0.2, 0.25) is 0 Å². The lowest BCUT2D eigenvalue weighted by molar-refractivity contribution is 0.499. The van der Waals surface area contributed by atoms with Crippen LogP contribution in [0.4, 0.5) is 5.69 Å². The highest BCUT2D eigenvalue weighted by atomic mass is 15.3. The molecule has 0 aromatic heterocycles. The molecule has 4 nitrogen and oxygen atoms in total. The number of rotatable bonds is 2. The highest BCUT2D eigenvalue weighted by Gasteiger charge is 2.16. The third-order valence-electron chi connectivity index (χ3n) is 3.71. The van der Waals surface area contributed by atoms with Crippen molar-refractivity contribution < 1.29 is 0 Å². The van der Waals surface area contributed by atoms with Gasteiger partial charge in [-0.25, -0.2) is 10.8 Å². The van der Waals surface area contributed by atoms with Crippen LogP contribution >= 0.6 is 0 Å². The smallest absolute Gasteiger partial charge is 0.210 e. The number of hydrogen-bond donors (Lipinski definition) is 3. The van der Waals surface area contributed by atoms with Gasteiger partial charge in [-0.15, -0.1) is 0 Å². The Morgan fingerprint density at radius 1 is 1.16 bits per heavy atom. The van der Waals surface area contributed by atoms with Crippen LogP contribution in [0.5, 0.6) is 0 Å². The molecule has 0 bridgehead atoms. The molecule has 1 aliphatic rings. The first kappa shape index (κ1) is 13.9. The molecular formula is C15H24N4.